The Hall–Kier alpha value is -0.130. The number of ether oxygens (including phenoxy) is 1. The molecule has 9 heavy (non-hydrogen) atoms. The first kappa shape index (κ1) is 8.87. The zero-order chi connectivity index (χ0) is 7.49. The van der Waals surface area contributed by atoms with E-state index in [-0.39, 0.29) is 6.61 Å². The molecule has 0 amide bonds. The van der Waals surface area contributed by atoms with Crippen molar-refractivity contribution in [2.45, 2.75) is 12.2 Å². The molecule has 0 saturated heterocycles. The van der Waals surface area contributed by atoms with Gasteiger partial charge in [0.15, 0.2) is 0 Å². The molecule has 0 aliphatic heterocycles. The average Bonchev–Trinajstić information content (AvgIpc) is 1.64. The first-order chi connectivity index (χ1) is 3.98. The van der Waals surface area contributed by atoms with Crippen molar-refractivity contribution in [1.82, 2.24) is 0 Å². The lowest BCUT2D eigenvalue weighted by molar-refractivity contribution is 0.198. The molecule has 56 valence electrons. The predicted molar refractivity (Wildman–Crippen MR) is 32.9 cm³/mol. The van der Waals surface area contributed by atoms with Gasteiger partial charge in [0, 0.05) is 7.11 Å². The molecule has 1 unspecified atom stereocenters. The van der Waals surface area contributed by atoms with E-state index in [0.717, 1.165) is 0 Å². The fraction of sp³-hybridized carbons (Fsp3) is 1.00. The highest BCUT2D eigenvalue weighted by molar-refractivity contribution is 7.86. The van der Waals surface area contributed by atoms with E-state index < -0.39 is 15.4 Å². The van der Waals surface area contributed by atoms with Gasteiger partial charge in [0.2, 0.25) is 0 Å². The Labute approximate surface area is 54.6 Å². The van der Waals surface area contributed by atoms with E-state index in [1.807, 2.05) is 0 Å². The fourth-order valence-corrected chi connectivity index (χ4v) is 0.629. The van der Waals surface area contributed by atoms with Crippen LogP contribution in [0.5, 0.6) is 0 Å². The number of hydrogen-bond donors (Lipinski definition) is 1. The van der Waals surface area contributed by atoms with Crippen LogP contribution in [0.2, 0.25) is 0 Å². The molecule has 5 heteroatoms. The molecular formula is C4H10O4S. The molecule has 0 rings (SSSR count). The minimum absolute atomic E-state index is 0.0266. The zero-order valence-electron chi connectivity index (χ0n) is 5.36. The molecular weight excluding hydrogens is 144 g/mol. The molecule has 0 radical (unpaired) electrons. The van der Waals surface area contributed by atoms with Crippen molar-refractivity contribution >= 4 is 10.1 Å². The van der Waals surface area contributed by atoms with Gasteiger partial charge in [-0.3, -0.25) is 4.55 Å². The Kier molecular flexibility index (Phi) is 3.10. The minimum Gasteiger partial charge on any atom is -0.383 e. The van der Waals surface area contributed by atoms with Crippen molar-refractivity contribution in [2.24, 2.45) is 0 Å². The first-order valence-electron chi connectivity index (χ1n) is 2.43. The van der Waals surface area contributed by atoms with Gasteiger partial charge >= 0.3 is 0 Å². The number of hydrogen-bond acceptors (Lipinski definition) is 3. The van der Waals surface area contributed by atoms with E-state index >= 15 is 0 Å². The van der Waals surface area contributed by atoms with Crippen LogP contribution in [0.25, 0.3) is 0 Å². The molecule has 0 bridgehead atoms. The molecule has 0 aromatic heterocycles. The molecule has 0 aromatic rings. The summed E-state index contributed by atoms with van der Waals surface area (Å²) in [6, 6.07) is 0. The monoisotopic (exact) mass is 154 g/mol. The van der Waals surface area contributed by atoms with Gasteiger partial charge in [0.1, 0.15) is 5.25 Å². The Morgan fingerprint density at radius 2 is 2.11 bits per heavy atom. The summed E-state index contributed by atoms with van der Waals surface area (Å²) in [5.74, 6) is 0. The van der Waals surface area contributed by atoms with Crippen LogP contribution in [0.4, 0.5) is 0 Å². The Morgan fingerprint density at radius 1 is 1.67 bits per heavy atom. The van der Waals surface area contributed by atoms with Gasteiger partial charge in [-0.1, -0.05) is 0 Å². The van der Waals surface area contributed by atoms with Crippen LogP contribution in [-0.2, 0) is 14.9 Å². The molecule has 0 aromatic carbocycles. The van der Waals surface area contributed by atoms with Crippen LogP contribution >= 0.6 is 0 Å². The summed E-state index contributed by atoms with van der Waals surface area (Å²) < 4.78 is 33.2. The summed E-state index contributed by atoms with van der Waals surface area (Å²) in [6.07, 6.45) is 0. The lowest BCUT2D eigenvalue weighted by Crippen LogP contribution is -2.21. The number of rotatable bonds is 3. The standard InChI is InChI=1S/C4H10O4S/c1-4(3-8-2)9(5,6)7/h4H,3H2,1-2H3,(H,5,6,7). The van der Waals surface area contributed by atoms with Gasteiger partial charge in [-0.2, -0.15) is 8.42 Å². The Bertz CT molecular complexity index is 159. The van der Waals surface area contributed by atoms with Crippen LogP contribution in [0, 0.1) is 0 Å². The van der Waals surface area contributed by atoms with Gasteiger partial charge in [0.25, 0.3) is 10.1 Å². The molecule has 1 N–H and O–H groups in total. The van der Waals surface area contributed by atoms with Crippen molar-refractivity contribution in [3.63, 3.8) is 0 Å². The van der Waals surface area contributed by atoms with E-state index in [1.54, 1.807) is 0 Å². The zero-order valence-corrected chi connectivity index (χ0v) is 6.18. The van der Waals surface area contributed by atoms with Crippen LogP contribution < -0.4 is 0 Å². The van der Waals surface area contributed by atoms with Crippen molar-refractivity contribution in [2.75, 3.05) is 13.7 Å². The second-order valence-corrected chi connectivity index (χ2v) is 3.62. The van der Waals surface area contributed by atoms with E-state index in [4.69, 9.17) is 4.55 Å². The van der Waals surface area contributed by atoms with Gasteiger partial charge in [-0.05, 0) is 6.92 Å². The largest absolute Gasteiger partial charge is 0.383 e. The van der Waals surface area contributed by atoms with Crippen molar-refractivity contribution < 1.29 is 17.7 Å². The van der Waals surface area contributed by atoms with Gasteiger partial charge < -0.3 is 4.74 Å². The molecule has 0 fully saturated rings. The molecule has 4 nitrogen and oxygen atoms in total. The van der Waals surface area contributed by atoms with Crippen molar-refractivity contribution in [3.8, 4) is 0 Å². The summed E-state index contributed by atoms with van der Waals surface area (Å²) in [4.78, 5) is 0. The fourth-order valence-electron chi connectivity index (χ4n) is 0.321. The third-order valence-corrected chi connectivity index (χ3v) is 2.06. The number of methoxy groups -OCH3 is 1. The molecule has 0 spiro atoms. The van der Waals surface area contributed by atoms with E-state index in [1.165, 1.54) is 14.0 Å². The van der Waals surface area contributed by atoms with Crippen LogP contribution in [0.3, 0.4) is 0 Å². The highest BCUT2D eigenvalue weighted by Crippen LogP contribution is 1.95. The summed E-state index contributed by atoms with van der Waals surface area (Å²) in [6.45, 7) is 1.40. The lowest BCUT2D eigenvalue weighted by Gasteiger charge is -2.04. The Balaban J connectivity index is 3.90. The maximum Gasteiger partial charge on any atom is 0.269 e. The van der Waals surface area contributed by atoms with E-state index in [9.17, 15) is 8.42 Å². The maximum atomic E-state index is 10.2. The maximum absolute atomic E-state index is 10.2. The second kappa shape index (κ2) is 3.14. The Morgan fingerprint density at radius 3 is 2.22 bits per heavy atom. The molecule has 0 aliphatic carbocycles. The normalized spacial score (nSPS) is 15.4. The molecule has 0 heterocycles. The summed E-state index contributed by atoms with van der Waals surface area (Å²) in [5.41, 5.74) is 0. The van der Waals surface area contributed by atoms with Crippen LogP contribution in [0.1, 0.15) is 6.92 Å². The second-order valence-electron chi connectivity index (χ2n) is 1.78. The smallest absolute Gasteiger partial charge is 0.269 e. The highest BCUT2D eigenvalue weighted by atomic mass is 32.2. The van der Waals surface area contributed by atoms with Crippen LogP contribution in [0.15, 0.2) is 0 Å². The minimum atomic E-state index is -3.89. The predicted octanol–water partition coefficient (Wildman–Crippen LogP) is -0.0909. The summed E-state index contributed by atoms with van der Waals surface area (Å²) in [5, 5.41) is -0.831. The highest BCUT2D eigenvalue weighted by Gasteiger charge is 2.15. The van der Waals surface area contributed by atoms with E-state index in [2.05, 4.69) is 4.74 Å². The molecule has 0 aliphatic rings. The lowest BCUT2D eigenvalue weighted by atomic mass is 10.5. The van der Waals surface area contributed by atoms with Crippen LogP contribution in [-0.4, -0.2) is 31.9 Å². The van der Waals surface area contributed by atoms with E-state index in [0.29, 0.717) is 0 Å². The van der Waals surface area contributed by atoms with Gasteiger partial charge in [-0.25, -0.2) is 0 Å². The summed E-state index contributed by atoms with van der Waals surface area (Å²) in [7, 11) is -2.51. The topological polar surface area (TPSA) is 63.6 Å². The molecule has 0 saturated carbocycles. The van der Waals surface area contributed by atoms with Crippen molar-refractivity contribution in [1.29, 1.82) is 0 Å². The average molecular weight is 154 g/mol. The first-order valence-corrected chi connectivity index (χ1v) is 3.94. The third-order valence-electron chi connectivity index (χ3n) is 0.910. The molecule has 1 atom stereocenters. The van der Waals surface area contributed by atoms with Crippen molar-refractivity contribution in [3.05, 3.63) is 0 Å². The quantitative estimate of drug-likeness (QED) is 0.577. The van der Waals surface area contributed by atoms with Gasteiger partial charge in [0.05, 0.1) is 6.61 Å². The SMILES string of the molecule is COCC(C)S(=O)(=O)O. The summed E-state index contributed by atoms with van der Waals surface area (Å²) >= 11 is 0. The third kappa shape index (κ3) is 3.45. The van der Waals surface area contributed by atoms with Gasteiger partial charge in [-0.15, -0.1) is 0 Å².